The molecule has 0 aliphatic carbocycles. The van der Waals surface area contributed by atoms with Crippen molar-refractivity contribution in [2.24, 2.45) is 0 Å². The molecule has 2 atom stereocenters. The molecule has 9 heteroatoms. The van der Waals surface area contributed by atoms with Gasteiger partial charge in [0.15, 0.2) is 0 Å². The summed E-state index contributed by atoms with van der Waals surface area (Å²) in [5, 5.41) is 20.9. The van der Waals surface area contributed by atoms with Crippen molar-refractivity contribution in [1.29, 1.82) is 0 Å². The van der Waals surface area contributed by atoms with Gasteiger partial charge in [-0.05, 0) is 69.4 Å². The minimum atomic E-state index is -2.94. The van der Waals surface area contributed by atoms with E-state index in [9.17, 15) is 19.0 Å². The van der Waals surface area contributed by atoms with Gasteiger partial charge in [-0.15, -0.1) is 10.8 Å². The van der Waals surface area contributed by atoms with E-state index in [2.05, 4.69) is 48.0 Å². The van der Waals surface area contributed by atoms with Crippen LogP contribution in [0.2, 0.25) is 0 Å². The maximum atomic E-state index is 13.7. The first-order valence-corrected chi connectivity index (χ1v) is 16.0. The van der Waals surface area contributed by atoms with Crippen molar-refractivity contribution in [2.75, 3.05) is 35.0 Å². The zero-order valence-electron chi connectivity index (χ0n) is 24.3. The fraction of sp³-hybridized carbons (Fsp3) is 0.406. The molecule has 8 nitrogen and oxygen atoms in total. The lowest BCUT2D eigenvalue weighted by Crippen LogP contribution is -2.48. The molecule has 1 aliphatic heterocycles. The van der Waals surface area contributed by atoms with Gasteiger partial charge in [0.2, 0.25) is 0 Å². The van der Waals surface area contributed by atoms with Crippen LogP contribution in [0.25, 0.3) is 0 Å². The van der Waals surface area contributed by atoms with E-state index >= 15 is 0 Å². The third-order valence-electron chi connectivity index (χ3n) is 7.27. The van der Waals surface area contributed by atoms with Crippen molar-refractivity contribution in [1.82, 2.24) is 10.6 Å². The summed E-state index contributed by atoms with van der Waals surface area (Å²) in [6, 6.07) is 21.0. The van der Waals surface area contributed by atoms with Gasteiger partial charge >= 0.3 is 0 Å². The molecule has 1 heterocycles. The van der Waals surface area contributed by atoms with E-state index in [0.717, 1.165) is 29.7 Å². The lowest BCUT2D eigenvalue weighted by molar-refractivity contribution is 0.0830. The summed E-state index contributed by atoms with van der Waals surface area (Å²) in [5.41, 5.74) is 6.27. The highest BCUT2D eigenvalue weighted by Gasteiger charge is 2.28. The van der Waals surface area contributed by atoms with E-state index in [1.54, 1.807) is 16.4 Å². The molecule has 41 heavy (non-hydrogen) atoms. The fourth-order valence-electron chi connectivity index (χ4n) is 5.38. The van der Waals surface area contributed by atoms with Gasteiger partial charge in [-0.25, -0.2) is 0 Å². The summed E-state index contributed by atoms with van der Waals surface area (Å²) in [6.07, 6.45) is 1.24. The zero-order valence-corrected chi connectivity index (χ0v) is 25.1. The number of benzene rings is 3. The van der Waals surface area contributed by atoms with Crippen LogP contribution >= 0.6 is 10.8 Å². The molecule has 0 aromatic heterocycles. The van der Waals surface area contributed by atoms with Gasteiger partial charge in [0, 0.05) is 37.4 Å². The number of carbonyl (C=O) groups is 1. The second-order valence-electron chi connectivity index (χ2n) is 10.9. The number of carbonyl (C=O) groups excluding carboxylic acids is 1. The molecule has 6 N–H and O–H groups in total. The van der Waals surface area contributed by atoms with Crippen LogP contribution in [0, 0.1) is 13.8 Å². The van der Waals surface area contributed by atoms with Gasteiger partial charge in [0.05, 0.1) is 23.6 Å². The van der Waals surface area contributed by atoms with Crippen LogP contribution in [0.3, 0.4) is 0 Å². The molecule has 0 bridgehead atoms. The minimum Gasteiger partial charge on any atom is -0.390 e. The Labute approximate surface area is 245 Å². The monoisotopic (exact) mass is 580 g/mol. The van der Waals surface area contributed by atoms with E-state index < -0.39 is 22.9 Å². The molecule has 222 valence electrons. The normalized spacial score (nSPS) is 17.0. The van der Waals surface area contributed by atoms with E-state index in [-0.39, 0.29) is 5.91 Å². The van der Waals surface area contributed by atoms with Crippen LogP contribution < -0.4 is 20.3 Å². The SMILES string of the molecule is CCNc1cc(C(=O)N[C@@H](Cc2ccccc2)[C@@H](O)CNCc2cc(C)cc(C)c2)cc(N2CCCCS2(O)O)c1. The topological polar surface area (TPSA) is 117 Å². The van der Waals surface area contributed by atoms with Gasteiger partial charge in [0.1, 0.15) is 0 Å². The van der Waals surface area contributed by atoms with Gasteiger partial charge in [-0.1, -0.05) is 59.7 Å². The first-order chi connectivity index (χ1) is 19.6. The molecule has 3 aromatic rings. The maximum absolute atomic E-state index is 13.7. The average Bonchev–Trinajstić information content (AvgIpc) is 2.92. The molecule has 4 rings (SSSR count). The van der Waals surface area contributed by atoms with Crippen LogP contribution in [0.4, 0.5) is 11.4 Å². The van der Waals surface area contributed by atoms with Crippen molar-refractivity contribution in [3.8, 4) is 0 Å². The van der Waals surface area contributed by atoms with E-state index in [4.69, 9.17) is 0 Å². The number of nitrogens with one attached hydrogen (secondary N) is 3. The standard InChI is InChI=1S/C32H44N4O4S/c1-4-34-28-18-27(19-29(20-28)36-12-8-9-13-41(36,39)40)32(38)35-30(17-25-10-6-5-7-11-25)31(37)22-33-21-26-15-23(2)14-24(3)16-26/h5-7,10-11,14-16,18-20,30-31,33-34,37,39-40H,4,8-9,12-13,17,21-22H2,1-3H3,(H,35,38)/t30-,31-/m0/s1. The van der Waals surface area contributed by atoms with Gasteiger partial charge in [0.25, 0.3) is 5.91 Å². The summed E-state index contributed by atoms with van der Waals surface area (Å²) in [6.45, 7) is 8.20. The predicted octanol–water partition coefficient (Wildman–Crippen LogP) is 5.49. The van der Waals surface area contributed by atoms with E-state index in [0.29, 0.717) is 49.6 Å². The summed E-state index contributed by atoms with van der Waals surface area (Å²) in [5.74, 6) is -0.00534. The molecule has 3 aromatic carbocycles. The number of nitrogens with zero attached hydrogens (tertiary/aromatic N) is 1. The average molecular weight is 581 g/mol. The van der Waals surface area contributed by atoms with Crippen molar-refractivity contribution >= 4 is 28.1 Å². The number of hydrogen-bond donors (Lipinski definition) is 6. The highest BCUT2D eigenvalue weighted by Crippen LogP contribution is 2.50. The third-order valence-corrected chi connectivity index (χ3v) is 9.21. The fourth-order valence-corrected chi connectivity index (χ4v) is 7.05. The third kappa shape index (κ3) is 8.70. The molecule has 0 saturated carbocycles. The van der Waals surface area contributed by atoms with Gasteiger partial charge in [-0.3, -0.25) is 18.2 Å². The minimum absolute atomic E-state index is 0.308. The number of amides is 1. The molecule has 1 amide bonds. The molecule has 1 saturated heterocycles. The van der Waals surface area contributed by atoms with Crippen molar-refractivity contribution in [2.45, 2.75) is 58.7 Å². The lowest BCUT2D eigenvalue weighted by atomic mass is 10.00. The van der Waals surface area contributed by atoms with Crippen LogP contribution in [-0.4, -0.2) is 57.7 Å². The van der Waals surface area contributed by atoms with Crippen molar-refractivity contribution in [3.05, 3.63) is 94.5 Å². The number of aliphatic hydroxyl groups excluding tert-OH is 1. The summed E-state index contributed by atoms with van der Waals surface area (Å²) >= 11 is 0. The summed E-state index contributed by atoms with van der Waals surface area (Å²) < 4.78 is 23.1. The van der Waals surface area contributed by atoms with Crippen molar-refractivity contribution in [3.63, 3.8) is 0 Å². The van der Waals surface area contributed by atoms with E-state index in [1.807, 2.05) is 43.3 Å². The second-order valence-corrected chi connectivity index (χ2v) is 13.0. The van der Waals surface area contributed by atoms with Crippen LogP contribution in [0.5, 0.6) is 0 Å². The smallest absolute Gasteiger partial charge is 0.251 e. The molecule has 0 radical (unpaired) electrons. The Bertz CT molecular complexity index is 1280. The number of hydrogen-bond acceptors (Lipinski definition) is 7. The molecule has 0 unspecified atom stereocenters. The highest BCUT2D eigenvalue weighted by molar-refractivity contribution is 8.25. The van der Waals surface area contributed by atoms with E-state index in [1.165, 1.54) is 11.1 Å². The van der Waals surface area contributed by atoms with Crippen LogP contribution in [-0.2, 0) is 13.0 Å². The second kappa shape index (κ2) is 14.2. The molecule has 1 aliphatic rings. The Morgan fingerprint density at radius 2 is 1.71 bits per heavy atom. The molecular formula is C32H44N4O4S. The highest BCUT2D eigenvalue weighted by atomic mass is 32.3. The Hall–Kier alpha value is -3.08. The Morgan fingerprint density at radius 1 is 0.976 bits per heavy atom. The maximum Gasteiger partial charge on any atom is 0.251 e. The first kappa shape index (κ1) is 30.9. The summed E-state index contributed by atoms with van der Waals surface area (Å²) in [7, 11) is -2.94. The van der Waals surface area contributed by atoms with Crippen molar-refractivity contribution < 1.29 is 19.0 Å². The van der Waals surface area contributed by atoms with Gasteiger partial charge in [-0.2, -0.15) is 0 Å². The van der Waals surface area contributed by atoms with Gasteiger partial charge < -0.3 is 21.1 Å². The predicted molar refractivity (Wildman–Crippen MR) is 170 cm³/mol. The number of rotatable bonds is 12. The number of aryl methyl sites for hydroxylation is 2. The number of aliphatic hydroxyl groups is 1. The van der Waals surface area contributed by atoms with Crippen LogP contribution in [0.1, 0.15) is 52.4 Å². The summed E-state index contributed by atoms with van der Waals surface area (Å²) in [4.78, 5) is 13.7. The molecule has 0 spiro atoms. The lowest BCUT2D eigenvalue weighted by Gasteiger charge is -2.47. The number of anilines is 2. The Kier molecular flexibility index (Phi) is 10.7. The molecule has 1 fully saturated rings. The Morgan fingerprint density at radius 3 is 2.39 bits per heavy atom. The van der Waals surface area contributed by atoms with Crippen LogP contribution in [0.15, 0.2) is 66.7 Å². The zero-order chi connectivity index (χ0) is 29.4. The largest absolute Gasteiger partial charge is 0.390 e. The first-order valence-electron chi connectivity index (χ1n) is 14.4. The Balaban J connectivity index is 1.53. The molecular weight excluding hydrogens is 536 g/mol. The quantitative estimate of drug-likeness (QED) is 0.168.